The fourth-order valence-corrected chi connectivity index (χ4v) is 2.65. The third-order valence-electron chi connectivity index (χ3n) is 3.97. The van der Waals surface area contributed by atoms with Gasteiger partial charge in [-0.15, -0.1) is 0 Å². The first-order valence-electron chi connectivity index (χ1n) is 4.95. The first kappa shape index (κ1) is 9.00. The molecule has 2 rings (SSSR count). The summed E-state index contributed by atoms with van der Waals surface area (Å²) in [6.07, 6.45) is 0. The summed E-state index contributed by atoms with van der Waals surface area (Å²) in [6.45, 7) is 8.18. The number of aliphatic carboxylic acids is 1. The molecule has 1 saturated carbocycles. The number of carboxylic acids is 1. The van der Waals surface area contributed by atoms with Gasteiger partial charge in [-0.05, 0) is 32.6 Å². The van der Waals surface area contributed by atoms with E-state index in [9.17, 15) is 4.79 Å². The molecule has 0 amide bonds. The molecule has 0 spiro atoms. The molecule has 1 aliphatic carbocycles. The van der Waals surface area contributed by atoms with Gasteiger partial charge in [0.1, 0.15) is 0 Å². The summed E-state index contributed by atoms with van der Waals surface area (Å²) in [4.78, 5) is 13.3. The first-order valence-corrected chi connectivity index (χ1v) is 4.95. The Labute approximate surface area is 78.7 Å². The Balaban J connectivity index is 2.01. The van der Waals surface area contributed by atoms with Crippen LogP contribution < -0.4 is 0 Å². The molecule has 2 aliphatic rings. The van der Waals surface area contributed by atoms with E-state index in [1.165, 1.54) is 0 Å². The average molecular weight is 183 g/mol. The number of carboxylic acid groups (broad SMARTS) is 1. The van der Waals surface area contributed by atoms with Crippen LogP contribution in [0.1, 0.15) is 20.8 Å². The third kappa shape index (κ3) is 1.03. The van der Waals surface area contributed by atoms with E-state index in [4.69, 9.17) is 5.11 Å². The molecular weight excluding hydrogens is 166 g/mol. The minimum Gasteiger partial charge on any atom is -0.481 e. The van der Waals surface area contributed by atoms with Crippen LogP contribution in [0, 0.1) is 17.3 Å². The van der Waals surface area contributed by atoms with Crippen LogP contribution in [0.5, 0.6) is 0 Å². The molecule has 0 bridgehead atoms. The fourth-order valence-electron chi connectivity index (χ4n) is 2.65. The van der Waals surface area contributed by atoms with Crippen LogP contribution in [0.25, 0.3) is 0 Å². The van der Waals surface area contributed by atoms with Crippen LogP contribution in [0.2, 0.25) is 0 Å². The normalized spacial score (nSPS) is 43.7. The Kier molecular flexibility index (Phi) is 1.71. The zero-order valence-corrected chi connectivity index (χ0v) is 8.45. The Morgan fingerprint density at radius 3 is 2.23 bits per heavy atom. The molecule has 1 aliphatic heterocycles. The van der Waals surface area contributed by atoms with Gasteiger partial charge in [0.15, 0.2) is 0 Å². The maximum absolute atomic E-state index is 11.0. The molecule has 3 nitrogen and oxygen atoms in total. The second kappa shape index (κ2) is 2.47. The van der Waals surface area contributed by atoms with Gasteiger partial charge < -0.3 is 10.0 Å². The summed E-state index contributed by atoms with van der Waals surface area (Å²) >= 11 is 0. The largest absolute Gasteiger partial charge is 0.481 e. The van der Waals surface area contributed by atoms with Gasteiger partial charge in [-0.2, -0.15) is 0 Å². The number of likely N-dealkylation sites (tertiary alicyclic amines) is 1. The number of hydrogen-bond donors (Lipinski definition) is 1. The van der Waals surface area contributed by atoms with Crippen molar-refractivity contribution in [1.29, 1.82) is 0 Å². The number of rotatable bonds is 2. The van der Waals surface area contributed by atoms with E-state index in [1.807, 2.05) is 6.92 Å². The molecule has 2 atom stereocenters. The molecule has 3 heteroatoms. The highest BCUT2D eigenvalue weighted by Crippen LogP contribution is 2.62. The van der Waals surface area contributed by atoms with E-state index >= 15 is 0 Å². The average Bonchev–Trinajstić information content (AvgIpc) is 2.49. The Morgan fingerprint density at radius 1 is 1.46 bits per heavy atom. The minimum absolute atomic E-state index is 0.397. The van der Waals surface area contributed by atoms with E-state index in [2.05, 4.69) is 18.7 Å². The van der Waals surface area contributed by atoms with Crippen molar-refractivity contribution in [3.8, 4) is 0 Å². The van der Waals surface area contributed by atoms with Gasteiger partial charge in [-0.3, -0.25) is 4.79 Å². The summed E-state index contributed by atoms with van der Waals surface area (Å²) in [6, 6.07) is 0.561. The predicted octanol–water partition coefficient (Wildman–Crippen LogP) is 1.05. The lowest BCUT2D eigenvalue weighted by atomic mass is 10.0. The highest BCUT2D eigenvalue weighted by Gasteiger charge is 2.69. The van der Waals surface area contributed by atoms with Crippen molar-refractivity contribution in [1.82, 2.24) is 4.90 Å². The molecule has 13 heavy (non-hydrogen) atoms. The van der Waals surface area contributed by atoms with Gasteiger partial charge >= 0.3 is 5.97 Å². The summed E-state index contributed by atoms with van der Waals surface area (Å²) in [5.41, 5.74) is -0.397. The standard InChI is InChI=1S/C10H17NO2/c1-6(2)11-4-7-8(5-11)10(7,3)9(12)13/h6-8H,4-5H2,1-3H3,(H,12,13). The number of hydrogen-bond acceptors (Lipinski definition) is 2. The highest BCUT2D eigenvalue weighted by atomic mass is 16.4. The van der Waals surface area contributed by atoms with Crippen molar-refractivity contribution in [2.75, 3.05) is 13.1 Å². The van der Waals surface area contributed by atoms with Crippen molar-refractivity contribution in [2.24, 2.45) is 17.3 Å². The molecule has 74 valence electrons. The SMILES string of the molecule is CC(C)N1CC2C(C1)C2(C)C(=O)O. The molecule has 1 saturated heterocycles. The summed E-state index contributed by atoms with van der Waals surface area (Å²) in [5, 5.41) is 9.02. The Morgan fingerprint density at radius 2 is 1.92 bits per heavy atom. The molecule has 0 radical (unpaired) electrons. The molecular formula is C10H17NO2. The van der Waals surface area contributed by atoms with Gasteiger partial charge in [0, 0.05) is 19.1 Å². The minimum atomic E-state index is -0.606. The molecule has 0 aromatic rings. The smallest absolute Gasteiger partial charge is 0.310 e. The van der Waals surface area contributed by atoms with E-state index in [0.717, 1.165) is 13.1 Å². The van der Waals surface area contributed by atoms with E-state index in [1.54, 1.807) is 0 Å². The number of carbonyl (C=O) groups is 1. The lowest BCUT2D eigenvalue weighted by Gasteiger charge is -2.25. The topological polar surface area (TPSA) is 40.5 Å². The number of fused-ring (bicyclic) bond motifs is 1. The van der Waals surface area contributed by atoms with Gasteiger partial charge in [-0.1, -0.05) is 0 Å². The van der Waals surface area contributed by atoms with Crippen molar-refractivity contribution >= 4 is 5.97 Å². The highest BCUT2D eigenvalue weighted by molar-refractivity contribution is 5.79. The second-order valence-corrected chi connectivity index (χ2v) is 4.85. The van der Waals surface area contributed by atoms with E-state index < -0.39 is 11.4 Å². The van der Waals surface area contributed by atoms with E-state index in [0.29, 0.717) is 17.9 Å². The monoisotopic (exact) mass is 183 g/mol. The molecule has 0 aromatic carbocycles. The first-order chi connectivity index (χ1) is 5.98. The summed E-state index contributed by atoms with van der Waals surface area (Å²) in [5.74, 6) is 0.214. The maximum atomic E-state index is 11.0. The van der Waals surface area contributed by atoms with Crippen LogP contribution in [0.3, 0.4) is 0 Å². The molecule has 0 aromatic heterocycles. The van der Waals surface area contributed by atoms with Crippen molar-refractivity contribution < 1.29 is 9.90 Å². The lowest BCUT2D eigenvalue weighted by molar-refractivity contribution is -0.144. The van der Waals surface area contributed by atoms with Crippen LogP contribution in [-0.4, -0.2) is 35.1 Å². The Hall–Kier alpha value is -0.570. The predicted molar refractivity (Wildman–Crippen MR) is 49.4 cm³/mol. The van der Waals surface area contributed by atoms with Gasteiger partial charge in [-0.25, -0.2) is 0 Å². The lowest BCUT2D eigenvalue weighted by Crippen LogP contribution is -2.35. The van der Waals surface area contributed by atoms with Crippen molar-refractivity contribution in [2.45, 2.75) is 26.8 Å². The zero-order chi connectivity index (χ0) is 9.80. The number of nitrogens with zero attached hydrogens (tertiary/aromatic N) is 1. The molecule has 1 heterocycles. The quantitative estimate of drug-likeness (QED) is 0.695. The van der Waals surface area contributed by atoms with Crippen molar-refractivity contribution in [3.63, 3.8) is 0 Å². The zero-order valence-electron chi connectivity index (χ0n) is 8.45. The van der Waals surface area contributed by atoms with Crippen LogP contribution in [0.4, 0.5) is 0 Å². The van der Waals surface area contributed by atoms with Gasteiger partial charge in [0.25, 0.3) is 0 Å². The second-order valence-electron chi connectivity index (χ2n) is 4.85. The third-order valence-corrected chi connectivity index (χ3v) is 3.97. The molecule has 1 N–H and O–H groups in total. The summed E-state index contributed by atoms with van der Waals surface area (Å²) in [7, 11) is 0. The van der Waals surface area contributed by atoms with Crippen LogP contribution >= 0.6 is 0 Å². The van der Waals surface area contributed by atoms with Crippen LogP contribution in [0.15, 0.2) is 0 Å². The molecule has 2 unspecified atom stereocenters. The Bertz CT molecular complexity index is 237. The van der Waals surface area contributed by atoms with Gasteiger partial charge in [0.2, 0.25) is 0 Å². The summed E-state index contributed by atoms with van der Waals surface area (Å²) < 4.78 is 0. The fraction of sp³-hybridized carbons (Fsp3) is 0.900. The number of piperidine rings is 1. The van der Waals surface area contributed by atoms with Crippen LogP contribution in [-0.2, 0) is 4.79 Å². The maximum Gasteiger partial charge on any atom is 0.310 e. The van der Waals surface area contributed by atoms with E-state index in [-0.39, 0.29) is 0 Å². The van der Waals surface area contributed by atoms with Gasteiger partial charge in [0.05, 0.1) is 5.41 Å². The molecule has 2 fully saturated rings. The van der Waals surface area contributed by atoms with Crippen molar-refractivity contribution in [3.05, 3.63) is 0 Å².